The smallest absolute Gasteiger partial charge is 0.328 e. The molecule has 0 spiro atoms. The first-order valence-electron chi connectivity index (χ1n) is 5.36. The van der Waals surface area contributed by atoms with E-state index >= 15 is 0 Å². The average Bonchev–Trinajstić information content (AvgIpc) is 2.86. The number of aliphatic carboxylic acids is 1. The molecule has 2 rings (SSSR count). The Kier molecular flexibility index (Phi) is 4.04. The normalized spacial score (nSPS) is 10.5. The number of carboxylic acid groups (broad SMARTS) is 1. The first kappa shape index (κ1) is 13.0. The lowest BCUT2D eigenvalue weighted by Crippen LogP contribution is -2.11. The number of carbonyl (C=O) groups excluding carboxylic acids is 1. The van der Waals surface area contributed by atoms with E-state index in [-0.39, 0.29) is 5.91 Å². The van der Waals surface area contributed by atoms with E-state index in [1.54, 1.807) is 36.0 Å². The van der Waals surface area contributed by atoms with Crippen LogP contribution in [0.25, 0.3) is 6.08 Å². The number of carbonyl (C=O) groups is 2. The number of thiophene rings is 1. The molecule has 19 heavy (non-hydrogen) atoms. The lowest BCUT2D eigenvalue weighted by molar-refractivity contribution is -0.131. The van der Waals surface area contributed by atoms with Gasteiger partial charge in [0.1, 0.15) is 0 Å². The molecule has 2 N–H and O–H groups in total. The summed E-state index contributed by atoms with van der Waals surface area (Å²) in [6.45, 7) is 0. The van der Waals surface area contributed by atoms with Gasteiger partial charge in [0, 0.05) is 24.2 Å². The van der Waals surface area contributed by atoms with Crippen LogP contribution in [0.1, 0.15) is 15.2 Å². The molecule has 0 unspecified atom stereocenters. The van der Waals surface area contributed by atoms with Crippen LogP contribution in [-0.2, 0) is 4.79 Å². The Hall–Kier alpha value is -2.47. The molecule has 2 heterocycles. The van der Waals surface area contributed by atoms with Crippen LogP contribution < -0.4 is 5.32 Å². The van der Waals surface area contributed by atoms with Crippen LogP contribution in [0.5, 0.6) is 0 Å². The second-order valence-electron chi connectivity index (χ2n) is 3.57. The zero-order chi connectivity index (χ0) is 13.7. The SMILES string of the molecule is O=C(O)/C=C/c1ccsc1C(=O)Nc1ccncc1. The Morgan fingerprint density at radius 2 is 2.00 bits per heavy atom. The molecule has 0 bridgehead atoms. The fourth-order valence-electron chi connectivity index (χ4n) is 1.42. The maximum Gasteiger partial charge on any atom is 0.328 e. The molecule has 0 saturated carbocycles. The molecule has 5 nitrogen and oxygen atoms in total. The largest absolute Gasteiger partial charge is 0.478 e. The van der Waals surface area contributed by atoms with Gasteiger partial charge >= 0.3 is 5.97 Å². The fraction of sp³-hybridized carbons (Fsp3) is 0. The lowest BCUT2D eigenvalue weighted by Gasteiger charge is -2.03. The minimum absolute atomic E-state index is 0.272. The van der Waals surface area contributed by atoms with E-state index in [0.29, 0.717) is 16.1 Å². The van der Waals surface area contributed by atoms with E-state index in [1.807, 2.05) is 0 Å². The number of aromatic nitrogens is 1. The molecule has 0 fully saturated rings. The van der Waals surface area contributed by atoms with Gasteiger partial charge < -0.3 is 10.4 Å². The van der Waals surface area contributed by atoms with Gasteiger partial charge in [0.25, 0.3) is 5.91 Å². The van der Waals surface area contributed by atoms with Crippen LogP contribution in [0, 0.1) is 0 Å². The molecule has 2 aromatic rings. The Bertz CT molecular complexity index is 620. The Morgan fingerprint density at radius 3 is 2.68 bits per heavy atom. The van der Waals surface area contributed by atoms with Crippen LogP contribution in [-0.4, -0.2) is 22.0 Å². The summed E-state index contributed by atoms with van der Waals surface area (Å²) >= 11 is 1.26. The van der Waals surface area contributed by atoms with Crippen molar-refractivity contribution in [1.82, 2.24) is 4.98 Å². The summed E-state index contributed by atoms with van der Waals surface area (Å²) in [6.07, 6.45) is 5.57. The number of nitrogens with zero attached hydrogens (tertiary/aromatic N) is 1. The van der Waals surface area contributed by atoms with Gasteiger partial charge in [-0.2, -0.15) is 0 Å². The van der Waals surface area contributed by atoms with Crippen molar-refractivity contribution in [3.8, 4) is 0 Å². The molecule has 1 amide bonds. The van der Waals surface area contributed by atoms with E-state index in [9.17, 15) is 9.59 Å². The van der Waals surface area contributed by atoms with Gasteiger partial charge in [-0.3, -0.25) is 9.78 Å². The van der Waals surface area contributed by atoms with Gasteiger partial charge in [0.15, 0.2) is 0 Å². The average molecular weight is 274 g/mol. The highest BCUT2D eigenvalue weighted by molar-refractivity contribution is 7.12. The number of carboxylic acids is 1. The predicted octanol–water partition coefficient (Wildman–Crippen LogP) is 2.49. The second kappa shape index (κ2) is 5.92. The van der Waals surface area contributed by atoms with Gasteiger partial charge in [-0.25, -0.2) is 4.79 Å². The number of hydrogen-bond donors (Lipinski definition) is 2. The molecule has 0 aromatic carbocycles. The molecular formula is C13H10N2O3S. The Balaban J connectivity index is 2.16. The van der Waals surface area contributed by atoms with Crippen molar-refractivity contribution >= 4 is 35.0 Å². The van der Waals surface area contributed by atoms with Crippen molar-refractivity contribution in [3.05, 3.63) is 52.5 Å². The van der Waals surface area contributed by atoms with Crippen molar-refractivity contribution in [2.24, 2.45) is 0 Å². The fourth-order valence-corrected chi connectivity index (χ4v) is 2.20. The molecule has 0 aliphatic heterocycles. The quantitative estimate of drug-likeness (QED) is 0.839. The molecule has 0 radical (unpaired) electrons. The third-order valence-electron chi connectivity index (χ3n) is 2.25. The number of pyridine rings is 1. The Morgan fingerprint density at radius 1 is 1.26 bits per heavy atom. The number of anilines is 1. The van der Waals surface area contributed by atoms with E-state index in [4.69, 9.17) is 5.11 Å². The van der Waals surface area contributed by atoms with E-state index in [1.165, 1.54) is 17.4 Å². The number of nitrogens with one attached hydrogen (secondary N) is 1. The van der Waals surface area contributed by atoms with Gasteiger partial charge in [-0.05, 0) is 35.2 Å². The van der Waals surface area contributed by atoms with Crippen molar-refractivity contribution in [2.75, 3.05) is 5.32 Å². The van der Waals surface area contributed by atoms with Crippen LogP contribution in [0.15, 0.2) is 42.0 Å². The third kappa shape index (κ3) is 3.49. The molecule has 0 aliphatic carbocycles. The van der Waals surface area contributed by atoms with Gasteiger partial charge in [-0.1, -0.05) is 0 Å². The molecule has 0 aliphatic rings. The molecule has 0 saturated heterocycles. The standard InChI is InChI=1S/C13H10N2O3S/c16-11(17)2-1-9-5-8-19-12(9)13(18)15-10-3-6-14-7-4-10/h1-8H,(H,16,17)(H,14,15,18)/b2-1+. The first-order chi connectivity index (χ1) is 9.16. The van der Waals surface area contributed by atoms with Crippen LogP contribution in [0.2, 0.25) is 0 Å². The molecule has 2 aromatic heterocycles. The molecule has 96 valence electrons. The maximum atomic E-state index is 12.0. The summed E-state index contributed by atoms with van der Waals surface area (Å²) in [7, 11) is 0. The summed E-state index contributed by atoms with van der Waals surface area (Å²) in [5.41, 5.74) is 1.22. The van der Waals surface area contributed by atoms with Crippen molar-refractivity contribution < 1.29 is 14.7 Å². The van der Waals surface area contributed by atoms with Gasteiger partial charge in [0.05, 0.1) is 4.88 Å². The predicted molar refractivity (Wildman–Crippen MR) is 73.2 cm³/mol. The van der Waals surface area contributed by atoms with Gasteiger partial charge in [-0.15, -0.1) is 11.3 Å². The second-order valence-corrected chi connectivity index (χ2v) is 4.48. The van der Waals surface area contributed by atoms with Crippen molar-refractivity contribution in [2.45, 2.75) is 0 Å². The van der Waals surface area contributed by atoms with E-state index < -0.39 is 5.97 Å². The third-order valence-corrected chi connectivity index (χ3v) is 3.17. The Labute approximate surface area is 113 Å². The topological polar surface area (TPSA) is 79.3 Å². The highest BCUT2D eigenvalue weighted by atomic mass is 32.1. The van der Waals surface area contributed by atoms with E-state index in [2.05, 4.69) is 10.3 Å². The zero-order valence-electron chi connectivity index (χ0n) is 9.74. The van der Waals surface area contributed by atoms with Crippen LogP contribution in [0.3, 0.4) is 0 Å². The lowest BCUT2D eigenvalue weighted by atomic mass is 10.2. The highest BCUT2D eigenvalue weighted by Gasteiger charge is 2.11. The number of amides is 1. The zero-order valence-corrected chi connectivity index (χ0v) is 10.6. The summed E-state index contributed by atoms with van der Waals surface area (Å²) in [4.78, 5) is 26.8. The molecule has 6 heteroatoms. The monoisotopic (exact) mass is 274 g/mol. The number of rotatable bonds is 4. The van der Waals surface area contributed by atoms with Crippen molar-refractivity contribution in [1.29, 1.82) is 0 Å². The number of hydrogen-bond acceptors (Lipinski definition) is 4. The van der Waals surface area contributed by atoms with Crippen LogP contribution in [0.4, 0.5) is 5.69 Å². The van der Waals surface area contributed by atoms with Crippen molar-refractivity contribution in [3.63, 3.8) is 0 Å². The summed E-state index contributed by atoms with van der Waals surface area (Å²) in [5.74, 6) is -1.32. The highest BCUT2D eigenvalue weighted by Crippen LogP contribution is 2.20. The summed E-state index contributed by atoms with van der Waals surface area (Å²) in [5, 5.41) is 13.0. The van der Waals surface area contributed by atoms with Crippen LogP contribution >= 0.6 is 11.3 Å². The summed E-state index contributed by atoms with van der Waals surface area (Å²) < 4.78 is 0. The van der Waals surface area contributed by atoms with E-state index in [0.717, 1.165) is 6.08 Å². The minimum atomic E-state index is -1.05. The minimum Gasteiger partial charge on any atom is -0.478 e. The summed E-state index contributed by atoms with van der Waals surface area (Å²) in [6, 6.07) is 5.06. The molecule has 0 atom stereocenters. The first-order valence-corrected chi connectivity index (χ1v) is 6.24. The maximum absolute atomic E-state index is 12.0. The molecular weight excluding hydrogens is 264 g/mol. The van der Waals surface area contributed by atoms with Gasteiger partial charge in [0.2, 0.25) is 0 Å².